The van der Waals surface area contributed by atoms with Gasteiger partial charge in [-0.15, -0.1) is 0 Å². The van der Waals surface area contributed by atoms with Gasteiger partial charge in [0.25, 0.3) is 0 Å². The van der Waals surface area contributed by atoms with Crippen molar-refractivity contribution in [2.45, 2.75) is 31.7 Å². The Hall–Kier alpha value is -1.55. The van der Waals surface area contributed by atoms with Gasteiger partial charge in [-0.25, -0.2) is 0 Å². The van der Waals surface area contributed by atoms with Gasteiger partial charge in [-0.2, -0.15) is 0 Å². The maximum atomic E-state index is 11.9. The topological polar surface area (TPSA) is 58.4 Å². The van der Waals surface area contributed by atoms with Crippen LogP contribution in [0.1, 0.15) is 25.7 Å². The van der Waals surface area contributed by atoms with E-state index < -0.39 is 0 Å². The molecule has 1 aliphatic carbocycles. The molecule has 0 aromatic heterocycles. The minimum Gasteiger partial charge on any atom is -0.399 e. The molecule has 1 aliphatic heterocycles. The van der Waals surface area contributed by atoms with Crippen molar-refractivity contribution in [3.05, 3.63) is 24.3 Å². The first-order chi connectivity index (χ1) is 9.20. The number of carbonyl (C=O) groups excluding carboxylic acids is 1. The number of benzene rings is 1. The van der Waals surface area contributed by atoms with Crippen molar-refractivity contribution in [3.63, 3.8) is 0 Å². The van der Waals surface area contributed by atoms with Crippen molar-refractivity contribution in [1.82, 2.24) is 4.90 Å². The first kappa shape index (κ1) is 12.5. The molecule has 1 amide bonds. The molecule has 1 aromatic carbocycles. The standard InChI is InChI=1S/C15H21N3O/c16-12-2-1-3-13(9-12)17-15(19)6-7-18-10-11-4-5-14(18)8-11/h1-3,9,11,14H,4-8,10,16H2,(H,17,19). The molecule has 1 heterocycles. The lowest BCUT2D eigenvalue weighted by molar-refractivity contribution is -0.116. The van der Waals surface area contributed by atoms with Crippen LogP contribution in [0, 0.1) is 5.92 Å². The van der Waals surface area contributed by atoms with Crippen molar-refractivity contribution >= 4 is 17.3 Å². The summed E-state index contributed by atoms with van der Waals surface area (Å²) in [6.07, 6.45) is 4.62. The molecule has 2 bridgehead atoms. The lowest BCUT2D eigenvalue weighted by Crippen LogP contribution is -2.34. The van der Waals surface area contributed by atoms with Crippen LogP contribution in [0.4, 0.5) is 11.4 Å². The molecule has 2 atom stereocenters. The second kappa shape index (κ2) is 5.21. The number of nitrogens with one attached hydrogen (secondary N) is 1. The number of likely N-dealkylation sites (tertiary alicyclic amines) is 1. The van der Waals surface area contributed by atoms with Gasteiger partial charge in [0.2, 0.25) is 5.91 Å². The zero-order valence-corrected chi connectivity index (χ0v) is 11.1. The van der Waals surface area contributed by atoms with Gasteiger partial charge in [0.05, 0.1) is 0 Å². The first-order valence-electron chi connectivity index (χ1n) is 7.10. The third-order valence-corrected chi connectivity index (χ3v) is 4.32. The number of fused-ring (bicyclic) bond motifs is 2. The van der Waals surface area contributed by atoms with Crippen LogP contribution in [0.2, 0.25) is 0 Å². The van der Waals surface area contributed by atoms with Gasteiger partial charge < -0.3 is 11.1 Å². The Bertz CT molecular complexity index is 474. The number of rotatable bonds is 4. The lowest BCUT2D eigenvalue weighted by atomic mass is 10.1. The van der Waals surface area contributed by atoms with Crippen molar-refractivity contribution in [2.75, 3.05) is 24.1 Å². The maximum Gasteiger partial charge on any atom is 0.225 e. The molecule has 0 spiro atoms. The molecular weight excluding hydrogens is 238 g/mol. The summed E-state index contributed by atoms with van der Waals surface area (Å²) in [4.78, 5) is 14.4. The average molecular weight is 259 g/mol. The van der Waals surface area contributed by atoms with Gasteiger partial charge in [0.15, 0.2) is 0 Å². The summed E-state index contributed by atoms with van der Waals surface area (Å²) in [7, 11) is 0. The van der Waals surface area contributed by atoms with Crippen LogP contribution in [0.5, 0.6) is 0 Å². The van der Waals surface area contributed by atoms with Crippen molar-refractivity contribution < 1.29 is 4.79 Å². The van der Waals surface area contributed by atoms with Crippen LogP contribution in [0.25, 0.3) is 0 Å². The number of nitrogen functional groups attached to an aromatic ring is 1. The minimum atomic E-state index is 0.0772. The zero-order chi connectivity index (χ0) is 13.2. The zero-order valence-electron chi connectivity index (χ0n) is 11.1. The molecule has 1 aromatic rings. The molecule has 3 rings (SSSR count). The van der Waals surface area contributed by atoms with E-state index in [4.69, 9.17) is 5.73 Å². The number of amides is 1. The largest absolute Gasteiger partial charge is 0.399 e. The third kappa shape index (κ3) is 2.89. The van der Waals surface area contributed by atoms with E-state index >= 15 is 0 Å². The fraction of sp³-hybridized carbons (Fsp3) is 0.533. The molecule has 102 valence electrons. The van der Waals surface area contributed by atoms with E-state index in [1.807, 2.05) is 18.2 Å². The molecule has 2 fully saturated rings. The van der Waals surface area contributed by atoms with E-state index in [0.29, 0.717) is 12.1 Å². The first-order valence-corrected chi connectivity index (χ1v) is 7.10. The summed E-state index contributed by atoms with van der Waals surface area (Å²) in [6, 6.07) is 8.06. The Morgan fingerprint density at radius 3 is 3.00 bits per heavy atom. The Labute approximate surface area is 114 Å². The lowest BCUT2D eigenvalue weighted by Gasteiger charge is -2.26. The third-order valence-electron chi connectivity index (χ3n) is 4.32. The highest BCUT2D eigenvalue weighted by atomic mass is 16.1. The van der Waals surface area contributed by atoms with Gasteiger partial charge in [-0.3, -0.25) is 9.69 Å². The predicted molar refractivity (Wildman–Crippen MR) is 76.8 cm³/mol. The summed E-state index contributed by atoms with van der Waals surface area (Å²) in [5, 5.41) is 2.91. The van der Waals surface area contributed by atoms with E-state index in [1.165, 1.54) is 25.8 Å². The Kier molecular flexibility index (Phi) is 3.42. The quantitative estimate of drug-likeness (QED) is 0.814. The highest BCUT2D eigenvalue weighted by Crippen LogP contribution is 2.37. The molecule has 2 unspecified atom stereocenters. The van der Waals surface area contributed by atoms with E-state index in [2.05, 4.69) is 10.2 Å². The number of nitrogens with zero attached hydrogens (tertiary/aromatic N) is 1. The fourth-order valence-corrected chi connectivity index (χ4v) is 3.39. The second-order valence-corrected chi connectivity index (χ2v) is 5.75. The number of carbonyl (C=O) groups is 1. The van der Waals surface area contributed by atoms with Crippen LogP contribution in [-0.2, 0) is 4.79 Å². The number of piperidine rings is 1. The number of hydrogen-bond acceptors (Lipinski definition) is 3. The molecule has 4 heteroatoms. The molecule has 1 saturated carbocycles. The van der Waals surface area contributed by atoms with Gasteiger partial charge in [0.1, 0.15) is 0 Å². The molecule has 19 heavy (non-hydrogen) atoms. The highest BCUT2D eigenvalue weighted by Gasteiger charge is 2.37. The normalized spacial score (nSPS) is 25.7. The molecule has 1 saturated heterocycles. The van der Waals surface area contributed by atoms with Crippen LogP contribution < -0.4 is 11.1 Å². The van der Waals surface area contributed by atoms with Gasteiger partial charge in [-0.05, 0) is 43.4 Å². The second-order valence-electron chi connectivity index (χ2n) is 5.75. The van der Waals surface area contributed by atoms with Crippen molar-refractivity contribution in [3.8, 4) is 0 Å². The summed E-state index contributed by atoms with van der Waals surface area (Å²) in [5.41, 5.74) is 7.15. The van der Waals surface area contributed by atoms with Crippen molar-refractivity contribution in [2.24, 2.45) is 5.92 Å². The van der Waals surface area contributed by atoms with Crippen LogP contribution in [0.15, 0.2) is 24.3 Å². The minimum absolute atomic E-state index is 0.0772. The van der Waals surface area contributed by atoms with Crippen molar-refractivity contribution in [1.29, 1.82) is 0 Å². The molecule has 4 nitrogen and oxygen atoms in total. The Balaban J connectivity index is 1.47. The highest BCUT2D eigenvalue weighted by molar-refractivity contribution is 5.91. The van der Waals surface area contributed by atoms with E-state index in [1.54, 1.807) is 6.07 Å². The van der Waals surface area contributed by atoms with E-state index in [-0.39, 0.29) is 5.91 Å². The van der Waals surface area contributed by atoms with Crippen LogP contribution >= 0.6 is 0 Å². The molecule has 2 aliphatic rings. The van der Waals surface area contributed by atoms with Gasteiger partial charge in [0, 0.05) is 36.9 Å². The Morgan fingerprint density at radius 2 is 2.32 bits per heavy atom. The molecular formula is C15H21N3O. The predicted octanol–water partition coefficient (Wildman–Crippen LogP) is 2.08. The van der Waals surface area contributed by atoms with E-state index in [9.17, 15) is 4.79 Å². The smallest absolute Gasteiger partial charge is 0.225 e. The van der Waals surface area contributed by atoms with Crippen LogP contribution in [0.3, 0.4) is 0 Å². The fourth-order valence-electron chi connectivity index (χ4n) is 3.39. The SMILES string of the molecule is Nc1cccc(NC(=O)CCN2CC3CCC2C3)c1. The number of nitrogens with two attached hydrogens (primary N) is 1. The summed E-state index contributed by atoms with van der Waals surface area (Å²) >= 11 is 0. The van der Waals surface area contributed by atoms with Gasteiger partial charge >= 0.3 is 0 Å². The summed E-state index contributed by atoms with van der Waals surface area (Å²) in [5.74, 6) is 0.968. The average Bonchev–Trinajstić information content (AvgIpc) is 2.98. The summed E-state index contributed by atoms with van der Waals surface area (Å²) in [6.45, 7) is 2.07. The summed E-state index contributed by atoms with van der Waals surface area (Å²) < 4.78 is 0. The monoisotopic (exact) mass is 259 g/mol. The number of hydrogen-bond donors (Lipinski definition) is 2. The van der Waals surface area contributed by atoms with Crippen LogP contribution in [-0.4, -0.2) is 29.9 Å². The number of anilines is 2. The van der Waals surface area contributed by atoms with Gasteiger partial charge in [-0.1, -0.05) is 6.07 Å². The molecule has 3 N–H and O–H groups in total. The van der Waals surface area contributed by atoms with E-state index in [0.717, 1.165) is 24.2 Å². The maximum absolute atomic E-state index is 11.9. The molecule has 0 radical (unpaired) electrons. The Morgan fingerprint density at radius 1 is 1.42 bits per heavy atom.